The number of nitrogens with one attached hydrogen (secondary N) is 1. The molecular formula is C18H15ClN2O2S. The molecule has 0 bridgehead atoms. The van der Waals surface area contributed by atoms with E-state index in [9.17, 15) is 4.79 Å². The predicted molar refractivity (Wildman–Crippen MR) is 98.1 cm³/mol. The Morgan fingerprint density at radius 2 is 2.04 bits per heavy atom. The van der Waals surface area contributed by atoms with E-state index < -0.39 is 0 Å². The van der Waals surface area contributed by atoms with E-state index in [0.29, 0.717) is 22.3 Å². The molecule has 122 valence electrons. The second kappa shape index (κ2) is 7.47. The van der Waals surface area contributed by atoms with Crippen molar-refractivity contribution in [2.75, 3.05) is 11.9 Å². The first-order valence-corrected chi connectivity index (χ1v) is 8.67. The van der Waals surface area contributed by atoms with Crippen LogP contribution in [0.5, 0.6) is 5.75 Å². The quantitative estimate of drug-likeness (QED) is 0.689. The molecule has 0 saturated heterocycles. The highest BCUT2D eigenvalue weighted by molar-refractivity contribution is 7.14. The predicted octanol–water partition coefficient (Wildman–Crippen LogP) is 5.11. The maximum atomic E-state index is 12.2. The van der Waals surface area contributed by atoms with E-state index in [-0.39, 0.29) is 5.91 Å². The molecule has 0 fully saturated rings. The Morgan fingerprint density at radius 1 is 1.25 bits per heavy atom. The second-order valence-corrected chi connectivity index (χ2v) is 6.25. The number of halogens is 1. The first kappa shape index (κ1) is 16.5. The molecular weight excluding hydrogens is 344 g/mol. The summed E-state index contributed by atoms with van der Waals surface area (Å²) < 4.78 is 5.43. The Labute approximate surface area is 149 Å². The Hall–Kier alpha value is -2.37. The minimum Gasteiger partial charge on any atom is -0.494 e. The number of carbonyl (C=O) groups is 1. The lowest BCUT2D eigenvalue weighted by Crippen LogP contribution is -2.11. The molecule has 0 aliphatic heterocycles. The van der Waals surface area contributed by atoms with Gasteiger partial charge in [0, 0.05) is 21.5 Å². The zero-order valence-electron chi connectivity index (χ0n) is 13.0. The highest BCUT2D eigenvalue weighted by atomic mass is 35.5. The molecule has 0 atom stereocenters. The van der Waals surface area contributed by atoms with Gasteiger partial charge in [0.2, 0.25) is 0 Å². The van der Waals surface area contributed by atoms with Crippen LogP contribution in [-0.4, -0.2) is 17.5 Å². The second-order valence-electron chi connectivity index (χ2n) is 4.96. The number of ether oxygens (including phenoxy) is 1. The van der Waals surface area contributed by atoms with Crippen LogP contribution in [0.25, 0.3) is 11.3 Å². The van der Waals surface area contributed by atoms with Crippen LogP contribution in [0.1, 0.15) is 17.3 Å². The van der Waals surface area contributed by atoms with Crippen LogP contribution in [0.4, 0.5) is 5.13 Å². The van der Waals surface area contributed by atoms with Crippen LogP contribution in [0, 0.1) is 0 Å². The highest BCUT2D eigenvalue weighted by Gasteiger charge is 2.10. The normalized spacial score (nSPS) is 10.4. The maximum absolute atomic E-state index is 12.2. The van der Waals surface area contributed by atoms with Gasteiger partial charge in [-0.25, -0.2) is 4.98 Å². The standard InChI is InChI=1S/C18H15ClN2O2S/c1-2-23-15-8-6-12(7-9-15)16-11-24-18(20-16)21-17(22)13-4-3-5-14(19)10-13/h3-11H,2H2,1H3,(H,20,21,22). The highest BCUT2D eigenvalue weighted by Crippen LogP contribution is 2.27. The fourth-order valence-corrected chi connectivity index (χ4v) is 3.06. The van der Waals surface area contributed by atoms with E-state index in [1.54, 1.807) is 24.3 Å². The third-order valence-corrected chi connectivity index (χ3v) is 4.27. The lowest BCUT2D eigenvalue weighted by Gasteiger charge is -2.03. The summed E-state index contributed by atoms with van der Waals surface area (Å²) in [5, 5.41) is 5.77. The fourth-order valence-electron chi connectivity index (χ4n) is 2.15. The molecule has 1 N–H and O–H groups in total. The summed E-state index contributed by atoms with van der Waals surface area (Å²) in [5.74, 6) is 0.594. The summed E-state index contributed by atoms with van der Waals surface area (Å²) in [6, 6.07) is 14.5. The van der Waals surface area contributed by atoms with E-state index in [1.807, 2.05) is 36.6 Å². The van der Waals surface area contributed by atoms with Crippen molar-refractivity contribution in [1.29, 1.82) is 0 Å². The average Bonchev–Trinajstić information content (AvgIpc) is 3.04. The van der Waals surface area contributed by atoms with Gasteiger partial charge in [0.1, 0.15) is 5.75 Å². The SMILES string of the molecule is CCOc1ccc(-c2csc(NC(=O)c3cccc(Cl)c3)n2)cc1. The van der Waals surface area contributed by atoms with Gasteiger partial charge < -0.3 is 4.74 Å². The van der Waals surface area contributed by atoms with E-state index in [4.69, 9.17) is 16.3 Å². The van der Waals surface area contributed by atoms with Crippen LogP contribution in [0.15, 0.2) is 53.9 Å². The van der Waals surface area contributed by atoms with Crippen molar-refractivity contribution in [2.45, 2.75) is 6.92 Å². The minimum atomic E-state index is -0.231. The number of aromatic nitrogens is 1. The molecule has 0 radical (unpaired) electrons. The lowest BCUT2D eigenvalue weighted by molar-refractivity contribution is 0.102. The number of carbonyl (C=O) groups excluding carboxylic acids is 1. The summed E-state index contributed by atoms with van der Waals surface area (Å²) in [7, 11) is 0. The number of nitrogens with zero attached hydrogens (tertiary/aromatic N) is 1. The summed E-state index contributed by atoms with van der Waals surface area (Å²) >= 11 is 7.29. The van der Waals surface area contributed by atoms with Crippen LogP contribution < -0.4 is 10.1 Å². The molecule has 0 spiro atoms. The van der Waals surface area contributed by atoms with Crippen molar-refractivity contribution in [3.8, 4) is 17.0 Å². The molecule has 0 unspecified atom stereocenters. The van der Waals surface area contributed by atoms with Crippen molar-refractivity contribution < 1.29 is 9.53 Å². The van der Waals surface area contributed by atoms with E-state index >= 15 is 0 Å². The van der Waals surface area contributed by atoms with Crippen LogP contribution in [0.2, 0.25) is 5.02 Å². The summed E-state index contributed by atoms with van der Waals surface area (Å²) in [4.78, 5) is 16.7. The molecule has 4 nitrogen and oxygen atoms in total. The molecule has 6 heteroatoms. The summed E-state index contributed by atoms with van der Waals surface area (Å²) in [6.45, 7) is 2.58. The molecule has 3 aromatic rings. The summed E-state index contributed by atoms with van der Waals surface area (Å²) in [5.41, 5.74) is 2.28. The minimum absolute atomic E-state index is 0.231. The first-order chi connectivity index (χ1) is 11.7. The number of hydrogen-bond acceptors (Lipinski definition) is 4. The number of rotatable bonds is 5. The molecule has 1 heterocycles. The molecule has 0 aliphatic carbocycles. The molecule has 1 aromatic heterocycles. The van der Waals surface area contributed by atoms with Gasteiger partial charge in [0.15, 0.2) is 5.13 Å². The van der Waals surface area contributed by atoms with Crippen LogP contribution in [0.3, 0.4) is 0 Å². The van der Waals surface area contributed by atoms with Gasteiger partial charge in [-0.2, -0.15) is 0 Å². The summed E-state index contributed by atoms with van der Waals surface area (Å²) in [6.07, 6.45) is 0. The van der Waals surface area contributed by atoms with Gasteiger partial charge in [-0.05, 0) is 49.4 Å². The number of benzene rings is 2. The third kappa shape index (κ3) is 3.93. The Morgan fingerprint density at radius 3 is 2.75 bits per heavy atom. The van der Waals surface area contributed by atoms with Crippen LogP contribution in [-0.2, 0) is 0 Å². The van der Waals surface area contributed by atoms with Gasteiger partial charge in [-0.15, -0.1) is 11.3 Å². The van der Waals surface area contributed by atoms with Crippen molar-refractivity contribution >= 4 is 34.0 Å². The lowest BCUT2D eigenvalue weighted by atomic mass is 10.2. The zero-order chi connectivity index (χ0) is 16.9. The smallest absolute Gasteiger partial charge is 0.257 e. The Balaban J connectivity index is 1.72. The maximum Gasteiger partial charge on any atom is 0.257 e. The monoisotopic (exact) mass is 358 g/mol. The van der Waals surface area contributed by atoms with Gasteiger partial charge >= 0.3 is 0 Å². The number of amides is 1. The fraction of sp³-hybridized carbons (Fsp3) is 0.111. The van der Waals surface area contributed by atoms with Crippen LogP contribution >= 0.6 is 22.9 Å². The largest absolute Gasteiger partial charge is 0.494 e. The average molecular weight is 359 g/mol. The van der Waals surface area contributed by atoms with Crippen molar-refractivity contribution in [1.82, 2.24) is 4.98 Å². The van der Waals surface area contributed by atoms with Gasteiger partial charge in [0.25, 0.3) is 5.91 Å². The number of thiazole rings is 1. The molecule has 0 saturated carbocycles. The van der Waals surface area contributed by atoms with E-state index in [1.165, 1.54) is 11.3 Å². The molecule has 0 aliphatic rings. The number of hydrogen-bond donors (Lipinski definition) is 1. The van der Waals surface area contributed by atoms with Crippen molar-refractivity contribution in [3.05, 3.63) is 64.5 Å². The zero-order valence-corrected chi connectivity index (χ0v) is 14.5. The van der Waals surface area contributed by atoms with Gasteiger partial charge in [-0.1, -0.05) is 17.7 Å². The van der Waals surface area contributed by atoms with Crippen molar-refractivity contribution in [2.24, 2.45) is 0 Å². The third-order valence-electron chi connectivity index (χ3n) is 3.27. The topological polar surface area (TPSA) is 51.2 Å². The molecule has 2 aromatic carbocycles. The molecule has 1 amide bonds. The van der Waals surface area contributed by atoms with Gasteiger partial charge in [-0.3, -0.25) is 10.1 Å². The Kier molecular flexibility index (Phi) is 5.13. The Bertz CT molecular complexity index is 846. The molecule has 24 heavy (non-hydrogen) atoms. The van der Waals surface area contributed by atoms with Gasteiger partial charge in [0.05, 0.1) is 12.3 Å². The van der Waals surface area contributed by atoms with Crippen molar-refractivity contribution in [3.63, 3.8) is 0 Å². The van der Waals surface area contributed by atoms with E-state index in [2.05, 4.69) is 10.3 Å². The number of anilines is 1. The molecule has 3 rings (SSSR count). The van der Waals surface area contributed by atoms with E-state index in [0.717, 1.165) is 17.0 Å². The first-order valence-electron chi connectivity index (χ1n) is 7.41.